The Kier molecular flexibility index (Phi) is 8.35. The molecule has 0 bridgehead atoms. The van der Waals surface area contributed by atoms with Gasteiger partial charge in [-0.3, -0.25) is 28.2 Å². The highest BCUT2D eigenvalue weighted by Crippen LogP contribution is 2.57. The second-order valence-electron chi connectivity index (χ2n) is 10.7. The van der Waals surface area contributed by atoms with Gasteiger partial charge in [-0.2, -0.15) is 0 Å². The molecule has 0 saturated heterocycles. The summed E-state index contributed by atoms with van der Waals surface area (Å²) in [5.74, 6) is -3.85. The maximum Gasteiger partial charge on any atom is 0.240 e. The fraction of sp³-hybridized carbons (Fsp3) is 0.407. The van der Waals surface area contributed by atoms with Gasteiger partial charge >= 0.3 is 0 Å². The molecule has 1 aliphatic carbocycles. The minimum Gasteiger partial charge on any atom is -0.395 e. The SMILES string of the molecule is CC(C)CCC1(C(=O)N(C)CCO)C(=O)C(C2=NS(O)(O)c3cc(NS(C)(=O)=O)ccc3N2)C(=O)c2ccccc21. The van der Waals surface area contributed by atoms with Gasteiger partial charge in [0.15, 0.2) is 11.6 Å². The number of rotatable bonds is 9. The van der Waals surface area contributed by atoms with Crippen LogP contribution in [0.4, 0.5) is 11.4 Å². The van der Waals surface area contributed by atoms with Crippen LogP contribution in [-0.2, 0) is 25.0 Å². The number of ketones is 2. The molecule has 222 valence electrons. The van der Waals surface area contributed by atoms with Crippen LogP contribution >= 0.6 is 10.8 Å². The van der Waals surface area contributed by atoms with Crippen molar-refractivity contribution in [2.24, 2.45) is 16.2 Å². The van der Waals surface area contributed by atoms with Gasteiger partial charge in [0.25, 0.3) is 0 Å². The topological polar surface area (TPSA) is 186 Å². The number of aliphatic hydroxyl groups excluding tert-OH is 1. The third kappa shape index (κ3) is 5.75. The lowest BCUT2D eigenvalue weighted by Gasteiger charge is -2.43. The molecule has 41 heavy (non-hydrogen) atoms. The molecule has 2 aromatic rings. The predicted molar refractivity (Wildman–Crippen MR) is 157 cm³/mol. The molecule has 0 spiro atoms. The summed E-state index contributed by atoms with van der Waals surface area (Å²) < 4.78 is 51.6. The summed E-state index contributed by atoms with van der Waals surface area (Å²) in [6, 6.07) is 10.3. The number of hydrogen-bond acceptors (Lipinski definition) is 10. The molecule has 14 heteroatoms. The summed E-state index contributed by atoms with van der Waals surface area (Å²) in [5, 5.41) is 12.4. The molecule has 2 unspecified atom stereocenters. The number of carbonyl (C=O) groups excluding carboxylic acids is 3. The average Bonchev–Trinajstić information content (AvgIpc) is 2.88. The number of aliphatic hydroxyl groups is 1. The molecule has 5 N–H and O–H groups in total. The Morgan fingerprint density at radius 3 is 2.51 bits per heavy atom. The molecule has 0 fully saturated rings. The van der Waals surface area contributed by atoms with Crippen molar-refractivity contribution in [2.45, 2.75) is 37.0 Å². The van der Waals surface area contributed by atoms with Gasteiger partial charge in [-0.1, -0.05) is 48.9 Å². The largest absolute Gasteiger partial charge is 0.395 e. The molecule has 0 saturated carbocycles. The van der Waals surface area contributed by atoms with Crippen molar-refractivity contribution in [3.63, 3.8) is 0 Å². The van der Waals surface area contributed by atoms with E-state index in [1.165, 1.54) is 36.2 Å². The Morgan fingerprint density at radius 2 is 1.88 bits per heavy atom. The summed E-state index contributed by atoms with van der Waals surface area (Å²) >= 11 is 0. The second kappa shape index (κ2) is 11.2. The Morgan fingerprint density at radius 1 is 1.20 bits per heavy atom. The maximum absolute atomic E-state index is 14.5. The van der Waals surface area contributed by atoms with Crippen LogP contribution < -0.4 is 10.0 Å². The van der Waals surface area contributed by atoms with E-state index in [1.807, 2.05) is 13.8 Å². The lowest BCUT2D eigenvalue weighted by atomic mass is 9.61. The number of sulfonamides is 1. The minimum atomic E-state index is -3.99. The lowest BCUT2D eigenvalue weighted by Crippen LogP contribution is -2.59. The first-order chi connectivity index (χ1) is 19.1. The zero-order valence-electron chi connectivity index (χ0n) is 23.1. The molecule has 0 aromatic heterocycles. The highest BCUT2D eigenvalue weighted by atomic mass is 32.3. The van der Waals surface area contributed by atoms with Gasteiger partial charge in [0.1, 0.15) is 22.1 Å². The van der Waals surface area contributed by atoms with Crippen molar-refractivity contribution in [1.82, 2.24) is 4.90 Å². The monoisotopic (exact) mass is 606 g/mol. The summed E-state index contributed by atoms with van der Waals surface area (Å²) in [6.45, 7) is 3.53. The molecule has 1 amide bonds. The smallest absolute Gasteiger partial charge is 0.240 e. The standard InChI is InChI=1S/C27H34N4O8S2/c1-16(2)11-12-27(26(35)31(3)13-14-32)19-8-6-5-7-18(19)23(33)22(24(27)34)25-28-20-10-9-17(29-40(4,36)37)15-21(20)41(38,39)30-25/h5-10,15-16,22,29,32,38-39H,11-14H2,1-4H3,(H,28,30). The molecule has 0 radical (unpaired) electrons. The first kappa shape index (κ1) is 30.7. The highest BCUT2D eigenvalue weighted by Gasteiger charge is 2.58. The molecule has 12 nitrogen and oxygen atoms in total. The average molecular weight is 607 g/mol. The van der Waals surface area contributed by atoms with Gasteiger partial charge in [-0.25, -0.2) is 8.42 Å². The number of Topliss-reactive ketones (excluding diaryl/α,β-unsaturated/α-hetero) is 2. The summed E-state index contributed by atoms with van der Waals surface area (Å²) in [5.41, 5.74) is -1.20. The van der Waals surface area contributed by atoms with E-state index in [9.17, 15) is 37.0 Å². The van der Waals surface area contributed by atoms with Crippen LogP contribution in [0, 0.1) is 11.8 Å². The molecule has 4 rings (SSSR count). The normalized spacial score (nSPS) is 22.2. The van der Waals surface area contributed by atoms with Crippen molar-refractivity contribution < 1.29 is 37.0 Å². The summed E-state index contributed by atoms with van der Waals surface area (Å²) in [6.07, 6.45) is 1.50. The number of amidine groups is 1. The van der Waals surface area contributed by atoms with Crippen LogP contribution in [0.2, 0.25) is 0 Å². The second-order valence-corrected chi connectivity index (χ2v) is 14.1. The zero-order valence-corrected chi connectivity index (χ0v) is 24.8. The fourth-order valence-electron chi connectivity index (χ4n) is 5.24. The van der Waals surface area contributed by atoms with E-state index in [0.29, 0.717) is 6.42 Å². The van der Waals surface area contributed by atoms with E-state index in [2.05, 4.69) is 14.4 Å². The number of fused-ring (bicyclic) bond motifs is 2. The number of anilines is 2. The van der Waals surface area contributed by atoms with E-state index < -0.39 is 49.6 Å². The Labute approximate surface area is 240 Å². The van der Waals surface area contributed by atoms with Crippen molar-refractivity contribution in [1.29, 1.82) is 0 Å². The van der Waals surface area contributed by atoms with Crippen LogP contribution in [0.15, 0.2) is 51.8 Å². The number of likely N-dealkylation sites (N-methyl/N-ethyl adjacent to an activating group) is 1. The van der Waals surface area contributed by atoms with Gasteiger partial charge in [0.05, 0.1) is 24.2 Å². The highest BCUT2D eigenvalue weighted by molar-refractivity contribution is 8.23. The number of benzene rings is 2. The zero-order chi connectivity index (χ0) is 30.3. The molecule has 2 atom stereocenters. The fourth-order valence-corrected chi connectivity index (χ4v) is 7.02. The van der Waals surface area contributed by atoms with Crippen molar-refractivity contribution in [3.8, 4) is 0 Å². The Hall–Kier alpha value is -3.30. The molecule has 1 heterocycles. The van der Waals surface area contributed by atoms with E-state index in [-0.39, 0.29) is 58.7 Å². The van der Waals surface area contributed by atoms with Crippen LogP contribution in [0.3, 0.4) is 0 Å². The van der Waals surface area contributed by atoms with Crippen molar-refractivity contribution >= 4 is 55.5 Å². The van der Waals surface area contributed by atoms with E-state index >= 15 is 0 Å². The van der Waals surface area contributed by atoms with Crippen LogP contribution in [0.25, 0.3) is 0 Å². The van der Waals surface area contributed by atoms with Gasteiger partial charge in [0.2, 0.25) is 15.9 Å². The number of amides is 1. The molecule has 2 aliphatic rings. The van der Waals surface area contributed by atoms with Gasteiger partial charge in [0, 0.05) is 19.2 Å². The van der Waals surface area contributed by atoms with Crippen molar-refractivity contribution in [2.75, 3.05) is 36.5 Å². The predicted octanol–water partition coefficient (Wildman–Crippen LogP) is 3.11. The van der Waals surface area contributed by atoms with Gasteiger partial charge in [-0.05, 0) is 42.5 Å². The van der Waals surface area contributed by atoms with E-state index in [1.54, 1.807) is 18.2 Å². The number of nitrogens with zero attached hydrogens (tertiary/aromatic N) is 2. The summed E-state index contributed by atoms with van der Waals surface area (Å²) in [4.78, 5) is 43.6. The van der Waals surface area contributed by atoms with Gasteiger partial charge in [-0.15, -0.1) is 4.40 Å². The molecule has 2 aromatic carbocycles. The maximum atomic E-state index is 14.5. The lowest BCUT2D eigenvalue weighted by molar-refractivity contribution is -0.144. The Balaban J connectivity index is 1.88. The van der Waals surface area contributed by atoms with Crippen molar-refractivity contribution in [3.05, 3.63) is 53.6 Å². The van der Waals surface area contributed by atoms with Crippen LogP contribution in [0.1, 0.15) is 42.6 Å². The number of carbonyl (C=O) groups is 3. The molecular weight excluding hydrogens is 572 g/mol. The molecular formula is C27H34N4O8S2. The van der Waals surface area contributed by atoms with Crippen LogP contribution in [-0.4, -0.2) is 77.3 Å². The first-order valence-corrected chi connectivity index (χ1v) is 16.3. The molecule has 1 aliphatic heterocycles. The third-order valence-electron chi connectivity index (χ3n) is 7.18. The van der Waals surface area contributed by atoms with Crippen LogP contribution in [0.5, 0.6) is 0 Å². The van der Waals surface area contributed by atoms with E-state index in [4.69, 9.17) is 0 Å². The number of nitrogens with one attached hydrogen (secondary N) is 2. The summed E-state index contributed by atoms with van der Waals surface area (Å²) in [7, 11) is -6.18. The van der Waals surface area contributed by atoms with Gasteiger partial charge < -0.3 is 15.3 Å². The quantitative estimate of drug-likeness (QED) is 0.267. The Bertz CT molecular complexity index is 1540. The van der Waals surface area contributed by atoms with E-state index in [0.717, 1.165) is 6.26 Å². The third-order valence-corrected chi connectivity index (χ3v) is 9.17. The first-order valence-electron chi connectivity index (χ1n) is 12.9. The number of hydrogen-bond donors (Lipinski definition) is 5. The minimum absolute atomic E-state index is 0.0344.